The van der Waals surface area contributed by atoms with Crippen molar-refractivity contribution in [3.05, 3.63) is 59.7 Å². The zero-order valence-corrected chi connectivity index (χ0v) is 18.2. The second kappa shape index (κ2) is 8.76. The molecule has 3 rings (SSSR count). The number of carbonyl (C=O) groups excluding carboxylic acids is 3. The summed E-state index contributed by atoms with van der Waals surface area (Å²) >= 11 is 0. The standard InChI is InChI=1S/C21H23N3O6S/c1-14(20(26)22-2)23(12-15-8-10-16(30-3)11-9-15)19(25)13-24-21(27)17-6-4-5-7-18(17)31(24,28)29/h4-11,14H,12-13H2,1-3H3,(H,22,26)/t14-/m1/s1. The topological polar surface area (TPSA) is 113 Å². The molecule has 1 aliphatic heterocycles. The molecule has 31 heavy (non-hydrogen) atoms. The van der Waals surface area contributed by atoms with Crippen molar-refractivity contribution in [3.63, 3.8) is 0 Å². The van der Waals surface area contributed by atoms with Crippen LogP contribution < -0.4 is 10.1 Å². The molecule has 0 radical (unpaired) electrons. The van der Waals surface area contributed by atoms with Crippen molar-refractivity contribution in [2.75, 3.05) is 20.7 Å². The number of hydrogen-bond acceptors (Lipinski definition) is 6. The predicted octanol–water partition coefficient (Wildman–Crippen LogP) is 1.00. The number of nitrogens with zero attached hydrogens (tertiary/aromatic N) is 2. The molecule has 1 aliphatic rings. The summed E-state index contributed by atoms with van der Waals surface area (Å²) in [7, 11) is -1.16. The number of fused-ring (bicyclic) bond motifs is 1. The number of rotatable bonds is 7. The maximum Gasteiger partial charge on any atom is 0.269 e. The van der Waals surface area contributed by atoms with Crippen LogP contribution in [0.25, 0.3) is 0 Å². The van der Waals surface area contributed by atoms with Gasteiger partial charge in [0.15, 0.2) is 0 Å². The molecular weight excluding hydrogens is 422 g/mol. The first-order valence-corrected chi connectivity index (χ1v) is 10.9. The molecule has 1 atom stereocenters. The summed E-state index contributed by atoms with van der Waals surface area (Å²) in [5, 5.41) is 2.49. The number of hydrogen-bond donors (Lipinski definition) is 1. The molecule has 2 aromatic rings. The molecule has 0 saturated heterocycles. The molecule has 0 unspecified atom stereocenters. The number of methoxy groups -OCH3 is 1. The summed E-state index contributed by atoms with van der Waals surface area (Å²) in [5.41, 5.74) is 0.736. The molecule has 0 saturated carbocycles. The zero-order chi connectivity index (χ0) is 22.8. The molecule has 1 N–H and O–H groups in total. The van der Waals surface area contributed by atoms with Gasteiger partial charge in [0.25, 0.3) is 15.9 Å². The predicted molar refractivity (Wildman–Crippen MR) is 112 cm³/mol. The Bertz CT molecular complexity index is 1110. The third kappa shape index (κ3) is 4.24. The van der Waals surface area contributed by atoms with Crippen LogP contribution in [0.1, 0.15) is 22.8 Å². The number of ether oxygens (including phenoxy) is 1. The van der Waals surface area contributed by atoms with Gasteiger partial charge in [-0.2, -0.15) is 0 Å². The summed E-state index contributed by atoms with van der Waals surface area (Å²) in [6.07, 6.45) is 0. The van der Waals surface area contributed by atoms with E-state index in [2.05, 4.69) is 5.32 Å². The van der Waals surface area contributed by atoms with Crippen molar-refractivity contribution < 1.29 is 27.5 Å². The van der Waals surface area contributed by atoms with E-state index in [0.717, 1.165) is 0 Å². The van der Waals surface area contributed by atoms with Crippen molar-refractivity contribution >= 4 is 27.7 Å². The van der Waals surface area contributed by atoms with Gasteiger partial charge in [-0.1, -0.05) is 24.3 Å². The van der Waals surface area contributed by atoms with Crippen LogP contribution in [0, 0.1) is 0 Å². The quantitative estimate of drug-likeness (QED) is 0.680. The van der Waals surface area contributed by atoms with Gasteiger partial charge in [0.05, 0.1) is 12.7 Å². The molecule has 3 amide bonds. The minimum Gasteiger partial charge on any atom is -0.497 e. The van der Waals surface area contributed by atoms with Crippen LogP contribution in [0.15, 0.2) is 53.4 Å². The minimum atomic E-state index is -4.14. The van der Waals surface area contributed by atoms with E-state index in [1.54, 1.807) is 30.3 Å². The van der Waals surface area contributed by atoms with Gasteiger partial charge in [-0.3, -0.25) is 14.4 Å². The number of amides is 3. The van der Waals surface area contributed by atoms with Gasteiger partial charge >= 0.3 is 0 Å². The van der Waals surface area contributed by atoms with E-state index >= 15 is 0 Å². The maximum atomic E-state index is 13.1. The first-order chi connectivity index (χ1) is 14.7. The van der Waals surface area contributed by atoms with Crippen molar-refractivity contribution in [3.8, 4) is 5.75 Å². The Hall–Kier alpha value is -3.40. The molecule has 0 bridgehead atoms. The fraction of sp³-hybridized carbons (Fsp3) is 0.286. The molecule has 0 aromatic heterocycles. The highest BCUT2D eigenvalue weighted by molar-refractivity contribution is 7.90. The van der Waals surface area contributed by atoms with E-state index in [1.165, 1.54) is 44.2 Å². The lowest BCUT2D eigenvalue weighted by Crippen LogP contribution is -2.50. The van der Waals surface area contributed by atoms with E-state index in [9.17, 15) is 22.8 Å². The van der Waals surface area contributed by atoms with Crippen molar-refractivity contribution in [1.29, 1.82) is 0 Å². The average molecular weight is 445 g/mol. The Morgan fingerprint density at radius 2 is 1.77 bits per heavy atom. The lowest BCUT2D eigenvalue weighted by molar-refractivity contribution is -0.140. The fourth-order valence-electron chi connectivity index (χ4n) is 3.32. The summed E-state index contributed by atoms with van der Waals surface area (Å²) in [6.45, 7) is 0.884. The average Bonchev–Trinajstić information content (AvgIpc) is 2.97. The number of sulfonamides is 1. The highest BCUT2D eigenvalue weighted by Crippen LogP contribution is 2.30. The summed E-state index contributed by atoms with van der Waals surface area (Å²) in [6, 6.07) is 11.8. The molecule has 1 heterocycles. The first kappa shape index (κ1) is 22.3. The lowest BCUT2D eigenvalue weighted by Gasteiger charge is -2.29. The summed E-state index contributed by atoms with van der Waals surface area (Å²) in [5.74, 6) is -1.22. The Balaban J connectivity index is 1.88. The fourth-order valence-corrected chi connectivity index (χ4v) is 4.84. The molecule has 0 aliphatic carbocycles. The number of benzene rings is 2. The Morgan fingerprint density at radius 3 is 2.35 bits per heavy atom. The molecule has 0 fully saturated rings. The number of nitrogens with one attached hydrogen (secondary N) is 1. The van der Waals surface area contributed by atoms with Crippen molar-refractivity contribution in [2.24, 2.45) is 0 Å². The van der Waals surface area contributed by atoms with Crippen LogP contribution in [0.4, 0.5) is 0 Å². The van der Waals surface area contributed by atoms with E-state index in [4.69, 9.17) is 4.74 Å². The number of likely N-dealkylation sites (N-methyl/N-ethyl adjacent to an activating group) is 1. The van der Waals surface area contributed by atoms with Gasteiger partial charge < -0.3 is 15.0 Å². The van der Waals surface area contributed by atoms with Crippen LogP contribution in [0.5, 0.6) is 5.75 Å². The van der Waals surface area contributed by atoms with Gasteiger partial charge in [-0.05, 0) is 36.8 Å². The van der Waals surface area contributed by atoms with E-state index in [1.807, 2.05) is 0 Å². The van der Waals surface area contributed by atoms with E-state index in [-0.39, 0.29) is 17.0 Å². The van der Waals surface area contributed by atoms with Gasteiger partial charge in [0.1, 0.15) is 23.2 Å². The van der Waals surface area contributed by atoms with Gasteiger partial charge in [-0.25, -0.2) is 12.7 Å². The normalized spacial score (nSPS) is 15.2. The van der Waals surface area contributed by atoms with Crippen LogP contribution in [0.3, 0.4) is 0 Å². The Labute approximate surface area is 180 Å². The summed E-state index contributed by atoms with van der Waals surface area (Å²) < 4.78 is 31.2. The SMILES string of the molecule is CNC(=O)[C@@H](C)N(Cc1ccc(OC)cc1)C(=O)CN1C(=O)c2ccccc2S1(=O)=O. The minimum absolute atomic E-state index is 0.0244. The zero-order valence-electron chi connectivity index (χ0n) is 17.4. The largest absolute Gasteiger partial charge is 0.497 e. The highest BCUT2D eigenvalue weighted by Gasteiger charge is 2.43. The Morgan fingerprint density at radius 1 is 1.13 bits per heavy atom. The van der Waals surface area contributed by atoms with Gasteiger partial charge in [0, 0.05) is 13.6 Å². The Kier molecular flexibility index (Phi) is 6.30. The number of carbonyl (C=O) groups is 3. The van der Waals surface area contributed by atoms with Gasteiger partial charge in [-0.15, -0.1) is 0 Å². The summed E-state index contributed by atoms with van der Waals surface area (Å²) in [4.78, 5) is 39.1. The first-order valence-electron chi connectivity index (χ1n) is 9.50. The van der Waals surface area contributed by atoms with Gasteiger partial charge in [0.2, 0.25) is 11.8 Å². The van der Waals surface area contributed by atoms with Crippen LogP contribution in [0.2, 0.25) is 0 Å². The van der Waals surface area contributed by atoms with Crippen LogP contribution in [-0.4, -0.2) is 62.1 Å². The monoisotopic (exact) mass is 445 g/mol. The molecule has 2 aromatic carbocycles. The molecule has 0 spiro atoms. The molecule has 10 heteroatoms. The van der Waals surface area contributed by atoms with Crippen molar-refractivity contribution in [1.82, 2.24) is 14.5 Å². The second-order valence-electron chi connectivity index (χ2n) is 6.97. The molecular formula is C21H23N3O6S. The lowest BCUT2D eigenvalue weighted by atomic mass is 10.1. The smallest absolute Gasteiger partial charge is 0.269 e. The van der Waals surface area contributed by atoms with E-state index in [0.29, 0.717) is 15.6 Å². The third-order valence-corrected chi connectivity index (χ3v) is 6.90. The third-order valence-electron chi connectivity index (χ3n) is 5.12. The van der Waals surface area contributed by atoms with Crippen molar-refractivity contribution in [2.45, 2.75) is 24.4 Å². The van der Waals surface area contributed by atoms with Crippen LogP contribution in [-0.2, 0) is 26.2 Å². The molecule has 9 nitrogen and oxygen atoms in total. The molecule has 164 valence electrons. The highest BCUT2D eigenvalue weighted by atomic mass is 32.2. The van der Waals surface area contributed by atoms with E-state index < -0.39 is 40.3 Å². The maximum absolute atomic E-state index is 13.1. The second-order valence-corrected chi connectivity index (χ2v) is 8.80. The van der Waals surface area contributed by atoms with Crippen LogP contribution >= 0.6 is 0 Å².